The molecule has 2 atom stereocenters. The number of morpholine rings is 1. The average molecular weight is 592 g/mol. The van der Waals surface area contributed by atoms with E-state index in [0.29, 0.717) is 48.3 Å². The minimum atomic E-state index is -4.76. The summed E-state index contributed by atoms with van der Waals surface area (Å²) in [6.45, 7) is 5.11. The van der Waals surface area contributed by atoms with E-state index >= 15 is 0 Å². The van der Waals surface area contributed by atoms with Gasteiger partial charge in [-0.2, -0.15) is 13.2 Å². The maximum Gasteiger partial charge on any atom is 0.419 e. The molecule has 0 N–H and O–H groups in total. The highest BCUT2D eigenvalue weighted by molar-refractivity contribution is 6.42. The van der Waals surface area contributed by atoms with E-state index in [2.05, 4.69) is 4.90 Å². The number of ether oxygens (including phenoxy) is 2. The van der Waals surface area contributed by atoms with Crippen molar-refractivity contribution < 1.29 is 31.8 Å². The van der Waals surface area contributed by atoms with Crippen LogP contribution in [0, 0.1) is 5.82 Å². The van der Waals surface area contributed by atoms with Crippen molar-refractivity contribution in [2.24, 2.45) is 0 Å². The zero-order chi connectivity index (χ0) is 28.2. The first kappa shape index (κ1) is 29.9. The summed E-state index contributed by atoms with van der Waals surface area (Å²) in [7, 11) is 1.79. The van der Waals surface area contributed by atoms with Crippen molar-refractivity contribution in [3.63, 3.8) is 0 Å². The Hall–Kier alpha value is -2.11. The normalized spacial score (nSPS) is 20.6. The fourth-order valence-corrected chi connectivity index (χ4v) is 5.42. The van der Waals surface area contributed by atoms with Gasteiger partial charge in [-0.3, -0.25) is 9.80 Å². The van der Waals surface area contributed by atoms with Crippen LogP contribution in [-0.2, 0) is 22.2 Å². The number of benzene rings is 2. The van der Waals surface area contributed by atoms with E-state index in [0.717, 1.165) is 37.3 Å². The van der Waals surface area contributed by atoms with Gasteiger partial charge in [0.25, 0.3) is 0 Å². The topological polar surface area (TPSA) is 45.2 Å². The lowest BCUT2D eigenvalue weighted by Gasteiger charge is -2.29. The highest BCUT2D eigenvalue weighted by Gasteiger charge is 2.39. The Balaban J connectivity index is 1.43. The van der Waals surface area contributed by atoms with Crippen molar-refractivity contribution >= 4 is 29.3 Å². The third-order valence-electron chi connectivity index (χ3n) is 7.20. The van der Waals surface area contributed by atoms with E-state index < -0.39 is 23.7 Å². The van der Waals surface area contributed by atoms with Gasteiger partial charge in [0.05, 0.1) is 35.4 Å². The Morgan fingerprint density at radius 3 is 2.51 bits per heavy atom. The van der Waals surface area contributed by atoms with Crippen LogP contribution in [-0.4, -0.2) is 86.4 Å². The summed E-state index contributed by atoms with van der Waals surface area (Å²) in [6.07, 6.45) is -4.49. The summed E-state index contributed by atoms with van der Waals surface area (Å²) < 4.78 is 64.1. The van der Waals surface area contributed by atoms with Crippen molar-refractivity contribution in [2.45, 2.75) is 31.1 Å². The van der Waals surface area contributed by atoms with Crippen molar-refractivity contribution in [3.05, 3.63) is 69.0 Å². The van der Waals surface area contributed by atoms with Gasteiger partial charge in [-0.25, -0.2) is 9.18 Å². The van der Waals surface area contributed by atoms with E-state index in [9.17, 15) is 22.4 Å². The van der Waals surface area contributed by atoms with Crippen LogP contribution in [0.5, 0.6) is 0 Å². The molecule has 0 bridgehead atoms. The lowest BCUT2D eigenvalue weighted by molar-refractivity contribution is -0.140. The summed E-state index contributed by atoms with van der Waals surface area (Å²) in [5.41, 5.74) is -0.0477. The molecule has 6 nitrogen and oxygen atoms in total. The van der Waals surface area contributed by atoms with E-state index in [4.69, 9.17) is 32.7 Å². The van der Waals surface area contributed by atoms with E-state index in [-0.39, 0.29) is 25.1 Å². The molecule has 2 fully saturated rings. The van der Waals surface area contributed by atoms with Gasteiger partial charge in [0, 0.05) is 51.2 Å². The summed E-state index contributed by atoms with van der Waals surface area (Å²) >= 11 is 12.4. The molecule has 0 radical (unpaired) electrons. The van der Waals surface area contributed by atoms with Crippen molar-refractivity contribution in [2.75, 3.05) is 59.6 Å². The Labute approximate surface area is 235 Å². The molecular weight excluding hydrogens is 561 g/mol. The fourth-order valence-electron chi connectivity index (χ4n) is 5.11. The number of hydrogen-bond donors (Lipinski definition) is 0. The third-order valence-corrected chi connectivity index (χ3v) is 7.94. The maximum absolute atomic E-state index is 14.2. The number of likely N-dealkylation sites (N-methyl/N-ethyl adjacent to an activating group) is 1. The number of rotatable bonds is 8. The number of carbonyl (C=O) groups is 1. The largest absolute Gasteiger partial charge is 0.449 e. The summed E-state index contributed by atoms with van der Waals surface area (Å²) in [6, 6.07) is 7.99. The van der Waals surface area contributed by atoms with Gasteiger partial charge in [0.2, 0.25) is 0 Å². The molecule has 12 heteroatoms. The predicted octanol–water partition coefficient (Wildman–Crippen LogP) is 5.91. The molecule has 1 unspecified atom stereocenters. The number of carbonyl (C=O) groups excluding carboxylic acids is 1. The monoisotopic (exact) mass is 591 g/mol. The summed E-state index contributed by atoms with van der Waals surface area (Å²) in [4.78, 5) is 18.7. The molecule has 214 valence electrons. The van der Waals surface area contributed by atoms with Crippen LogP contribution in [0.3, 0.4) is 0 Å². The molecule has 0 spiro atoms. The molecule has 0 aliphatic carbocycles. The van der Waals surface area contributed by atoms with Gasteiger partial charge >= 0.3 is 12.3 Å². The van der Waals surface area contributed by atoms with E-state index in [1.54, 1.807) is 24.1 Å². The van der Waals surface area contributed by atoms with Crippen LogP contribution in [0.2, 0.25) is 10.0 Å². The minimum absolute atomic E-state index is 0.176. The molecule has 2 saturated heterocycles. The Bertz CT molecular complexity index is 1150. The second-order valence-corrected chi connectivity index (χ2v) is 10.7. The van der Waals surface area contributed by atoms with Crippen molar-refractivity contribution in [1.29, 1.82) is 0 Å². The Kier molecular flexibility index (Phi) is 9.98. The number of nitrogens with zero attached hydrogens (tertiary/aromatic N) is 3. The molecule has 2 aromatic carbocycles. The molecule has 1 amide bonds. The van der Waals surface area contributed by atoms with E-state index in [1.165, 1.54) is 6.07 Å². The molecule has 0 aromatic heterocycles. The molecule has 39 heavy (non-hydrogen) atoms. The van der Waals surface area contributed by atoms with Crippen LogP contribution in [0.25, 0.3) is 0 Å². The van der Waals surface area contributed by atoms with Crippen LogP contribution in [0.15, 0.2) is 36.4 Å². The molecule has 2 aliphatic rings. The fraction of sp³-hybridized carbons (Fsp3) is 0.519. The second-order valence-electron chi connectivity index (χ2n) is 9.90. The number of likely N-dealkylation sites (tertiary alicyclic amines) is 1. The van der Waals surface area contributed by atoms with Gasteiger partial charge in [0.1, 0.15) is 5.82 Å². The highest BCUT2D eigenvalue weighted by Crippen LogP contribution is 2.36. The number of hydrogen-bond acceptors (Lipinski definition) is 5. The standard InChI is InChI=1S/C27H31Cl2F4N3O3/c1-34(15-18-3-5-21(24(30)13-18)27(31,32)33)25-17-36(16-20(25)19-4-6-22(28)23(29)14-19)26(37)39-10-2-7-35-8-11-38-12-9-35/h3-6,13-14,20,25H,2,7-12,15-17H2,1H3/t20-,25?/m1/s1. The number of alkyl halides is 3. The quantitative estimate of drug-likeness (QED) is 0.282. The molecule has 4 rings (SSSR count). The Morgan fingerprint density at radius 1 is 1.10 bits per heavy atom. The van der Waals surface area contributed by atoms with Crippen molar-refractivity contribution in [3.8, 4) is 0 Å². The molecule has 2 aliphatic heterocycles. The van der Waals surface area contributed by atoms with Crippen LogP contribution < -0.4 is 0 Å². The SMILES string of the molecule is CN(Cc1ccc(C(F)(F)F)c(F)c1)C1CN(C(=O)OCCCN2CCOCC2)C[C@@H]1c1ccc(Cl)c(Cl)c1. The highest BCUT2D eigenvalue weighted by atomic mass is 35.5. The van der Waals surface area contributed by atoms with Crippen LogP contribution >= 0.6 is 23.2 Å². The first-order valence-corrected chi connectivity index (χ1v) is 13.5. The predicted molar refractivity (Wildman–Crippen MR) is 141 cm³/mol. The third kappa shape index (κ3) is 7.76. The minimum Gasteiger partial charge on any atom is -0.449 e. The zero-order valence-electron chi connectivity index (χ0n) is 21.5. The summed E-state index contributed by atoms with van der Waals surface area (Å²) in [5.74, 6) is -1.49. The number of halogens is 6. The van der Waals surface area contributed by atoms with Crippen LogP contribution in [0.4, 0.5) is 22.4 Å². The smallest absolute Gasteiger partial charge is 0.419 e. The second kappa shape index (κ2) is 13.0. The van der Waals surface area contributed by atoms with Gasteiger partial charge in [-0.1, -0.05) is 35.3 Å². The van der Waals surface area contributed by atoms with Crippen molar-refractivity contribution in [1.82, 2.24) is 14.7 Å². The Morgan fingerprint density at radius 2 is 1.85 bits per heavy atom. The molecule has 2 heterocycles. The lowest BCUT2D eigenvalue weighted by Crippen LogP contribution is -2.38. The van der Waals surface area contributed by atoms with Gasteiger partial charge < -0.3 is 14.4 Å². The average Bonchev–Trinajstić information content (AvgIpc) is 3.34. The number of amides is 1. The van der Waals surface area contributed by atoms with Crippen LogP contribution in [0.1, 0.15) is 29.0 Å². The zero-order valence-corrected chi connectivity index (χ0v) is 23.0. The first-order valence-electron chi connectivity index (χ1n) is 12.8. The van der Waals surface area contributed by atoms with Gasteiger partial charge in [-0.05, 0) is 48.9 Å². The molecular formula is C27H31Cl2F4N3O3. The van der Waals surface area contributed by atoms with Gasteiger partial charge in [-0.15, -0.1) is 0 Å². The van der Waals surface area contributed by atoms with E-state index in [1.807, 2.05) is 11.0 Å². The first-order chi connectivity index (χ1) is 18.5. The van der Waals surface area contributed by atoms with Gasteiger partial charge in [0.15, 0.2) is 0 Å². The summed E-state index contributed by atoms with van der Waals surface area (Å²) in [5, 5.41) is 0.782. The maximum atomic E-state index is 14.2. The molecule has 2 aromatic rings. The lowest BCUT2D eigenvalue weighted by atomic mass is 9.93. The molecule has 0 saturated carbocycles.